The van der Waals surface area contributed by atoms with Crippen molar-refractivity contribution in [2.45, 2.75) is 122 Å². The third-order valence-electron chi connectivity index (χ3n) is 6.43. The molecule has 0 spiro atoms. The smallest absolute Gasteiger partial charge is 0.221 e. The molecule has 164 valence electrons. The molecule has 0 aromatic rings. The first kappa shape index (κ1) is 23.5. The van der Waals surface area contributed by atoms with Gasteiger partial charge in [0.1, 0.15) is 0 Å². The second-order valence-corrected chi connectivity index (χ2v) is 11.4. The van der Waals surface area contributed by atoms with Gasteiger partial charge in [-0.3, -0.25) is 4.79 Å². The molecule has 0 bridgehead atoms. The number of carbonyl (C=O) groups excluding carboxylic acids is 1. The SMILES string of the molecule is CC1(C)CC(NCCC(=O)NC2CC(C)(C)N(O)C(C)(C)C2)CC(C)(C)N1O. The molecule has 0 atom stereocenters. The van der Waals surface area contributed by atoms with E-state index in [0.29, 0.717) is 13.0 Å². The van der Waals surface area contributed by atoms with E-state index in [0.717, 1.165) is 25.7 Å². The highest BCUT2D eigenvalue weighted by Crippen LogP contribution is 2.37. The minimum absolute atomic E-state index is 0.0496. The summed E-state index contributed by atoms with van der Waals surface area (Å²) in [6.45, 7) is 16.8. The zero-order valence-electron chi connectivity index (χ0n) is 19.1. The van der Waals surface area contributed by atoms with E-state index in [1.54, 1.807) is 0 Å². The third kappa shape index (κ3) is 5.25. The maximum absolute atomic E-state index is 12.5. The molecule has 0 aliphatic carbocycles. The molecule has 28 heavy (non-hydrogen) atoms. The van der Waals surface area contributed by atoms with E-state index in [9.17, 15) is 15.2 Å². The van der Waals surface area contributed by atoms with Crippen LogP contribution in [0.5, 0.6) is 0 Å². The Hall–Kier alpha value is -0.730. The molecule has 0 saturated carbocycles. The average Bonchev–Trinajstić information content (AvgIpc) is 2.49. The van der Waals surface area contributed by atoms with Gasteiger partial charge < -0.3 is 21.0 Å². The summed E-state index contributed by atoms with van der Waals surface area (Å²) in [6.07, 6.45) is 3.56. The highest BCUT2D eigenvalue weighted by molar-refractivity contribution is 5.76. The van der Waals surface area contributed by atoms with Crippen molar-refractivity contribution in [3.8, 4) is 0 Å². The fraction of sp³-hybridized carbons (Fsp3) is 0.952. The lowest BCUT2D eigenvalue weighted by molar-refractivity contribution is -0.246. The monoisotopic (exact) mass is 398 g/mol. The molecule has 0 radical (unpaired) electrons. The fourth-order valence-corrected chi connectivity index (χ4v) is 5.48. The summed E-state index contributed by atoms with van der Waals surface area (Å²) in [4.78, 5) is 12.5. The Morgan fingerprint density at radius 3 is 1.54 bits per heavy atom. The van der Waals surface area contributed by atoms with Gasteiger partial charge in [0.2, 0.25) is 5.91 Å². The number of hydrogen-bond acceptors (Lipinski definition) is 6. The third-order valence-corrected chi connectivity index (χ3v) is 6.43. The zero-order valence-corrected chi connectivity index (χ0v) is 19.1. The molecule has 2 aliphatic rings. The Balaban J connectivity index is 1.82. The van der Waals surface area contributed by atoms with Crippen LogP contribution in [-0.4, -0.2) is 67.2 Å². The molecule has 0 aromatic heterocycles. The first-order valence-electron chi connectivity index (χ1n) is 10.6. The maximum Gasteiger partial charge on any atom is 0.221 e. The minimum atomic E-state index is -0.368. The van der Waals surface area contributed by atoms with Gasteiger partial charge in [0, 0.05) is 47.2 Å². The molecule has 2 rings (SSSR count). The van der Waals surface area contributed by atoms with Crippen LogP contribution in [0.4, 0.5) is 0 Å². The van der Waals surface area contributed by atoms with Crippen LogP contribution in [0, 0.1) is 0 Å². The number of carbonyl (C=O) groups is 1. The molecule has 2 fully saturated rings. The van der Waals surface area contributed by atoms with Crippen LogP contribution in [0.3, 0.4) is 0 Å². The lowest BCUT2D eigenvalue weighted by atomic mass is 9.79. The molecular formula is C21H42N4O3. The van der Waals surface area contributed by atoms with Crippen molar-refractivity contribution < 1.29 is 15.2 Å². The van der Waals surface area contributed by atoms with Crippen LogP contribution in [0.2, 0.25) is 0 Å². The number of piperidine rings is 2. The lowest BCUT2D eigenvalue weighted by Crippen LogP contribution is -2.63. The highest BCUT2D eigenvalue weighted by atomic mass is 16.5. The van der Waals surface area contributed by atoms with Gasteiger partial charge in [-0.05, 0) is 81.1 Å². The summed E-state index contributed by atoms with van der Waals surface area (Å²) in [7, 11) is 0. The molecule has 7 nitrogen and oxygen atoms in total. The lowest BCUT2D eigenvalue weighted by Gasteiger charge is -2.51. The molecule has 1 amide bonds. The van der Waals surface area contributed by atoms with Gasteiger partial charge in [0.25, 0.3) is 0 Å². The Morgan fingerprint density at radius 2 is 1.14 bits per heavy atom. The number of nitrogens with one attached hydrogen (secondary N) is 2. The first-order chi connectivity index (χ1) is 12.6. The zero-order chi connectivity index (χ0) is 21.5. The van der Waals surface area contributed by atoms with E-state index in [-0.39, 0.29) is 40.1 Å². The maximum atomic E-state index is 12.5. The summed E-state index contributed by atoms with van der Waals surface area (Å²) in [5.41, 5.74) is -1.32. The normalized spacial score (nSPS) is 28.2. The van der Waals surface area contributed by atoms with Crippen LogP contribution in [0.15, 0.2) is 0 Å². The second-order valence-electron chi connectivity index (χ2n) is 11.4. The van der Waals surface area contributed by atoms with E-state index in [2.05, 4.69) is 10.6 Å². The molecule has 2 heterocycles. The number of amides is 1. The van der Waals surface area contributed by atoms with E-state index in [1.165, 1.54) is 10.1 Å². The Bertz CT molecular complexity index is 538. The Labute approximate surface area is 170 Å². The summed E-state index contributed by atoms with van der Waals surface area (Å²) in [5.74, 6) is 0.0496. The molecule has 2 saturated heterocycles. The van der Waals surface area contributed by atoms with Gasteiger partial charge in [-0.1, -0.05) is 0 Å². The highest BCUT2D eigenvalue weighted by Gasteiger charge is 2.46. The second kappa shape index (κ2) is 7.84. The van der Waals surface area contributed by atoms with E-state index in [4.69, 9.17) is 0 Å². The van der Waals surface area contributed by atoms with Crippen molar-refractivity contribution >= 4 is 5.91 Å². The van der Waals surface area contributed by atoms with Gasteiger partial charge in [-0.2, -0.15) is 10.1 Å². The summed E-state index contributed by atoms with van der Waals surface area (Å²) in [5, 5.41) is 30.4. The van der Waals surface area contributed by atoms with Crippen molar-refractivity contribution in [1.82, 2.24) is 20.8 Å². The molecule has 0 unspecified atom stereocenters. The topological polar surface area (TPSA) is 88.1 Å². The van der Waals surface area contributed by atoms with Crippen molar-refractivity contribution in [2.75, 3.05) is 6.54 Å². The van der Waals surface area contributed by atoms with Crippen molar-refractivity contribution in [2.24, 2.45) is 0 Å². The number of rotatable bonds is 5. The number of hydroxylamine groups is 4. The van der Waals surface area contributed by atoms with Crippen molar-refractivity contribution in [3.63, 3.8) is 0 Å². The number of hydrogen-bond donors (Lipinski definition) is 4. The van der Waals surface area contributed by atoms with Gasteiger partial charge >= 0.3 is 0 Å². The molecular weight excluding hydrogens is 356 g/mol. The van der Waals surface area contributed by atoms with Crippen LogP contribution >= 0.6 is 0 Å². The van der Waals surface area contributed by atoms with E-state index in [1.807, 2.05) is 55.4 Å². The Kier molecular flexibility index (Phi) is 6.59. The summed E-state index contributed by atoms with van der Waals surface area (Å²) >= 11 is 0. The summed E-state index contributed by atoms with van der Waals surface area (Å²) < 4.78 is 0. The van der Waals surface area contributed by atoms with E-state index >= 15 is 0 Å². The largest absolute Gasteiger partial charge is 0.353 e. The van der Waals surface area contributed by atoms with Crippen molar-refractivity contribution in [3.05, 3.63) is 0 Å². The molecule has 0 aromatic carbocycles. The van der Waals surface area contributed by atoms with Gasteiger partial charge in [-0.15, -0.1) is 0 Å². The molecule has 4 N–H and O–H groups in total. The summed E-state index contributed by atoms with van der Waals surface area (Å²) in [6, 6.07) is 0.341. The van der Waals surface area contributed by atoms with Gasteiger partial charge in [0.05, 0.1) is 0 Å². The minimum Gasteiger partial charge on any atom is -0.353 e. The first-order valence-corrected chi connectivity index (χ1v) is 10.6. The van der Waals surface area contributed by atoms with Crippen LogP contribution < -0.4 is 10.6 Å². The Morgan fingerprint density at radius 1 is 0.786 bits per heavy atom. The van der Waals surface area contributed by atoms with Crippen LogP contribution in [0.1, 0.15) is 87.5 Å². The van der Waals surface area contributed by atoms with Crippen LogP contribution in [0.25, 0.3) is 0 Å². The number of nitrogens with zero attached hydrogens (tertiary/aromatic N) is 2. The predicted molar refractivity (Wildman–Crippen MR) is 110 cm³/mol. The van der Waals surface area contributed by atoms with Gasteiger partial charge in [-0.25, -0.2) is 0 Å². The standard InChI is InChI=1S/C21H42N4O3/c1-18(2)11-15(12-19(3,4)24(18)27)22-10-9-17(26)23-16-13-20(5,6)25(28)21(7,8)14-16/h15-16,22,27-28H,9-14H2,1-8H3,(H,23,26). The van der Waals surface area contributed by atoms with Gasteiger partial charge in [0.15, 0.2) is 0 Å². The molecule has 7 heteroatoms. The quantitative estimate of drug-likeness (QED) is 0.570. The average molecular weight is 399 g/mol. The van der Waals surface area contributed by atoms with E-state index < -0.39 is 0 Å². The van der Waals surface area contributed by atoms with Crippen LogP contribution in [-0.2, 0) is 4.79 Å². The predicted octanol–water partition coefficient (Wildman–Crippen LogP) is 2.90. The fourth-order valence-electron chi connectivity index (χ4n) is 5.48. The molecule has 2 aliphatic heterocycles. The van der Waals surface area contributed by atoms with Crippen molar-refractivity contribution in [1.29, 1.82) is 0 Å².